The minimum atomic E-state index is -0.581. The molecule has 2 aromatic carbocycles. The molecule has 0 fully saturated rings. The molecule has 1 unspecified atom stereocenters. The van der Waals surface area contributed by atoms with Gasteiger partial charge in [0.15, 0.2) is 5.78 Å². The average molecular weight is 510 g/mol. The van der Waals surface area contributed by atoms with E-state index >= 15 is 0 Å². The number of Topliss-reactive ketones (excluding diaryl/α,β-unsaturated/α-hetero) is 1. The zero-order valence-corrected chi connectivity index (χ0v) is 21.4. The van der Waals surface area contributed by atoms with Gasteiger partial charge in [-0.05, 0) is 49.6 Å². The highest BCUT2D eigenvalue weighted by Crippen LogP contribution is 2.16. The molecule has 4 rings (SSSR count). The van der Waals surface area contributed by atoms with Crippen LogP contribution in [-0.4, -0.2) is 36.5 Å². The number of fused-ring (bicyclic) bond motifs is 3. The monoisotopic (exact) mass is 509 g/mol. The molecule has 9 nitrogen and oxygen atoms in total. The maximum absolute atomic E-state index is 13.5. The van der Waals surface area contributed by atoms with Crippen molar-refractivity contribution in [2.45, 2.75) is 53.2 Å². The number of nitrogens with one attached hydrogen (secondary N) is 1. The molecule has 0 aliphatic rings. The molecule has 0 bridgehead atoms. The van der Waals surface area contributed by atoms with Crippen LogP contribution in [-0.2, 0) is 13.1 Å². The van der Waals surface area contributed by atoms with Crippen LogP contribution in [0.1, 0.15) is 54.8 Å². The molecule has 2 heterocycles. The summed E-state index contributed by atoms with van der Waals surface area (Å²) in [7, 11) is 0. The molecule has 188 valence electrons. The standard InChI is InChI=1S/C26H28ClN5O4/c1-5-16(4)28-23(34)18-9-10-20-21(12-18)32-25(30(24(20)35)13-15(2)3)29-31(26(32)36)14-22(33)17-7-6-8-19(27)11-17/h6-12,15-16H,5,13-14H2,1-4H3,(H,28,34). The largest absolute Gasteiger partial charge is 0.352 e. The Hall–Kier alpha value is -3.72. The fourth-order valence-corrected chi connectivity index (χ4v) is 4.18. The number of carbonyl (C=O) groups excluding carboxylic acids is 2. The lowest BCUT2D eigenvalue weighted by Gasteiger charge is -2.14. The SMILES string of the molecule is CCC(C)NC(=O)c1ccc2c(=O)n(CC(C)C)c3nn(CC(=O)c4cccc(Cl)c4)c(=O)n3c2c1. The van der Waals surface area contributed by atoms with Gasteiger partial charge in [-0.1, -0.05) is 44.5 Å². The Bertz CT molecular complexity index is 1600. The van der Waals surface area contributed by atoms with Crippen LogP contribution in [0.4, 0.5) is 0 Å². The van der Waals surface area contributed by atoms with Gasteiger partial charge in [0.25, 0.3) is 11.5 Å². The van der Waals surface area contributed by atoms with E-state index in [2.05, 4.69) is 10.4 Å². The van der Waals surface area contributed by atoms with E-state index in [9.17, 15) is 19.2 Å². The Morgan fingerprint density at radius 3 is 2.47 bits per heavy atom. The third kappa shape index (κ3) is 4.83. The first-order valence-corrected chi connectivity index (χ1v) is 12.2. The smallest absolute Gasteiger partial charge is 0.350 e. The maximum Gasteiger partial charge on any atom is 0.352 e. The minimum Gasteiger partial charge on any atom is -0.350 e. The van der Waals surface area contributed by atoms with Crippen molar-refractivity contribution in [3.05, 3.63) is 79.5 Å². The van der Waals surface area contributed by atoms with Crippen LogP contribution in [0.15, 0.2) is 52.1 Å². The third-order valence-electron chi connectivity index (χ3n) is 6.02. The lowest BCUT2D eigenvalue weighted by Crippen LogP contribution is -2.32. The number of amides is 1. The van der Waals surface area contributed by atoms with Crippen LogP contribution in [0.2, 0.25) is 5.02 Å². The van der Waals surface area contributed by atoms with Crippen molar-refractivity contribution >= 4 is 40.0 Å². The molecule has 0 radical (unpaired) electrons. The second-order valence-electron chi connectivity index (χ2n) is 9.33. The third-order valence-corrected chi connectivity index (χ3v) is 6.25. The number of hydrogen-bond acceptors (Lipinski definition) is 5. The molecule has 1 N–H and O–H groups in total. The van der Waals surface area contributed by atoms with E-state index in [1.165, 1.54) is 21.1 Å². The maximum atomic E-state index is 13.5. The highest BCUT2D eigenvalue weighted by molar-refractivity contribution is 6.31. The Morgan fingerprint density at radius 1 is 1.06 bits per heavy atom. The summed E-state index contributed by atoms with van der Waals surface area (Å²) < 4.78 is 3.78. The van der Waals surface area contributed by atoms with Crippen molar-refractivity contribution in [1.29, 1.82) is 0 Å². The Balaban J connectivity index is 1.91. The van der Waals surface area contributed by atoms with Crippen molar-refractivity contribution in [2.75, 3.05) is 0 Å². The molecule has 0 saturated carbocycles. The van der Waals surface area contributed by atoms with Gasteiger partial charge in [-0.3, -0.25) is 19.0 Å². The van der Waals surface area contributed by atoms with Gasteiger partial charge >= 0.3 is 5.69 Å². The molecular formula is C26H28ClN5O4. The number of benzene rings is 2. The van der Waals surface area contributed by atoms with Gasteiger partial charge in [-0.15, -0.1) is 5.10 Å². The summed E-state index contributed by atoms with van der Waals surface area (Å²) in [6.07, 6.45) is 0.760. The summed E-state index contributed by atoms with van der Waals surface area (Å²) >= 11 is 6.01. The van der Waals surface area contributed by atoms with Crippen molar-refractivity contribution in [3.63, 3.8) is 0 Å². The number of aromatic nitrogens is 4. The van der Waals surface area contributed by atoms with Crippen LogP contribution in [0.5, 0.6) is 0 Å². The molecule has 2 aromatic heterocycles. The molecule has 4 aromatic rings. The fourth-order valence-electron chi connectivity index (χ4n) is 3.99. The number of hydrogen-bond donors (Lipinski definition) is 1. The number of carbonyl (C=O) groups is 2. The molecule has 0 spiro atoms. The van der Waals surface area contributed by atoms with Crippen LogP contribution in [0, 0.1) is 5.92 Å². The van der Waals surface area contributed by atoms with Crippen molar-refractivity contribution < 1.29 is 9.59 Å². The summed E-state index contributed by atoms with van der Waals surface area (Å²) in [5.41, 5.74) is 0.0266. The summed E-state index contributed by atoms with van der Waals surface area (Å²) in [4.78, 5) is 52.5. The highest BCUT2D eigenvalue weighted by Gasteiger charge is 2.21. The molecule has 1 atom stereocenters. The quantitative estimate of drug-likeness (QED) is 0.366. The molecule has 10 heteroatoms. The van der Waals surface area contributed by atoms with Gasteiger partial charge in [-0.25, -0.2) is 13.9 Å². The lowest BCUT2D eigenvalue weighted by atomic mass is 10.1. The lowest BCUT2D eigenvalue weighted by molar-refractivity contribution is 0.0937. The normalized spacial score (nSPS) is 12.4. The van der Waals surface area contributed by atoms with E-state index in [1.54, 1.807) is 30.3 Å². The van der Waals surface area contributed by atoms with E-state index in [0.717, 1.165) is 11.1 Å². The van der Waals surface area contributed by atoms with Gasteiger partial charge in [-0.2, -0.15) is 0 Å². The predicted octanol–water partition coefficient (Wildman–Crippen LogP) is 3.53. The molecule has 36 heavy (non-hydrogen) atoms. The van der Waals surface area contributed by atoms with E-state index in [-0.39, 0.29) is 52.4 Å². The first-order valence-electron chi connectivity index (χ1n) is 11.9. The fraction of sp³-hybridized carbons (Fsp3) is 0.346. The second kappa shape index (κ2) is 10.1. The average Bonchev–Trinajstić information content (AvgIpc) is 3.16. The predicted molar refractivity (Wildman–Crippen MR) is 139 cm³/mol. The molecule has 0 aliphatic carbocycles. The van der Waals surface area contributed by atoms with Crippen LogP contribution >= 0.6 is 11.6 Å². The van der Waals surface area contributed by atoms with Crippen LogP contribution in [0.3, 0.4) is 0 Å². The minimum absolute atomic E-state index is 0.0322. The van der Waals surface area contributed by atoms with Crippen molar-refractivity contribution in [2.24, 2.45) is 5.92 Å². The van der Waals surface area contributed by atoms with E-state index in [1.807, 2.05) is 27.7 Å². The van der Waals surface area contributed by atoms with Crippen LogP contribution < -0.4 is 16.6 Å². The number of rotatable bonds is 8. The van der Waals surface area contributed by atoms with E-state index in [0.29, 0.717) is 22.7 Å². The van der Waals surface area contributed by atoms with Gasteiger partial charge < -0.3 is 5.32 Å². The van der Waals surface area contributed by atoms with Gasteiger partial charge in [0.1, 0.15) is 6.54 Å². The molecule has 0 saturated heterocycles. The topological polar surface area (TPSA) is 107 Å². The van der Waals surface area contributed by atoms with E-state index in [4.69, 9.17) is 11.6 Å². The Kier molecular flexibility index (Phi) is 7.12. The number of ketones is 1. The zero-order valence-electron chi connectivity index (χ0n) is 20.6. The van der Waals surface area contributed by atoms with Crippen molar-refractivity contribution in [3.8, 4) is 0 Å². The number of halogens is 1. The summed E-state index contributed by atoms with van der Waals surface area (Å²) in [5.74, 6) is -0.441. The first-order chi connectivity index (χ1) is 17.1. The van der Waals surface area contributed by atoms with Gasteiger partial charge in [0, 0.05) is 28.7 Å². The van der Waals surface area contributed by atoms with Gasteiger partial charge in [0.2, 0.25) is 5.78 Å². The highest BCUT2D eigenvalue weighted by atomic mass is 35.5. The summed E-state index contributed by atoms with van der Waals surface area (Å²) in [6.45, 7) is 7.76. The van der Waals surface area contributed by atoms with E-state index < -0.39 is 5.69 Å². The molecule has 1 amide bonds. The van der Waals surface area contributed by atoms with Crippen molar-refractivity contribution in [1.82, 2.24) is 24.1 Å². The van der Waals surface area contributed by atoms with Gasteiger partial charge in [0.05, 0.1) is 10.9 Å². The Morgan fingerprint density at radius 2 is 1.81 bits per heavy atom. The summed E-state index contributed by atoms with van der Waals surface area (Å²) in [6, 6.07) is 11.1. The number of nitrogens with zero attached hydrogens (tertiary/aromatic N) is 4. The second-order valence-corrected chi connectivity index (χ2v) is 9.77. The summed E-state index contributed by atoms with van der Waals surface area (Å²) in [5, 5.41) is 7.96. The van der Waals surface area contributed by atoms with Crippen LogP contribution in [0.25, 0.3) is 16.7 Å². The first kappa shape index (κ1) is 25.4. The Labute approximate surface area is 212 Å². The zero-order chi connectivity index (χ0) is 26.1. The molecular weight excluding hydrogens is 482 g/mol. The molecule has 0 aliphatic heterocycles.